The van der Waals surface area contributed by atoms with Gasteiger partial charge in [-0.2, -0.15) is 0 Å². The molecule has 0 unspecified atom stereocenters. The first-order valence-corrected chi connectivity index (χ1v) is 5.90. The van der Waals surface area contributed by atoms with Crippen molar-refractivity contribution in [3.05, 3.63) is 0 Å². The Bertz CT molecular complexity index is 221. The smallest absolute Gasteiger partial charge is 0.0852 e. The van der Waals surface area contributed by atoms with Crippen molar-refractivity contribution in [2.45, 2.75) is 37.3 Å². The molecule has 80 valence electrons. The Balaban J connectivity index is 1.81. The van der Waals surface area contributed by atoms with Gasteiger partial charge in [-0.25, -0.2) is 0 Å². The number of fused-ring (bicyclic) bond motifs is 2. The van der Waals surface area contributed by atoms with Crippen molar-refractivity contribution in [2.75, 3.05) is 26.2 Å². The summed E-state index contributed by atoms with van der Waals surface area (Å²) in [6, 6.07) is 0.379. The summed E-state index contributed by atoms with van der Waals surface area (Å²) in [4.78, 5) is 2.55. The average Bonchev–Trinajstić information content (AvgIpc) is 2.18. The Morgan fingerprint density at radius 2 is 2.00 bits per heavy atom. The number of piperidine rings is 3. The molecule has 2 atom stereocenters. The molecule has 4 rings (SSSR count). The van der Waals surface area contributed by atoms with E-state index < -0.39 is 0 Å². The molecule has 0 saturated carbocycles. The SMILES string of the molecule is N[C@H]1CCO[C@]2(C1)CN1CCC2CC1. The fourth-order valence-electron chi connectivity index (χ4n) is 3.54. The molecule has 4 fully saturated rings. The first kappa shape index (κ1) is 9.13. The van der Waals surface area contributed by atoms with Crippen LogP contribution in [-0.4, -0.2) is 42.8 Å². The molecule has 0 aromatic carbocycles. The zero-order valence-electron chi connectivity index (χ0n) is 8.74. The van der Waals surface area contributed by atoms with Crippen LogP contribution in [0.4, 0.5) is 0 Å². The maximum atomic E-state index is 6.09. The first-order chi connectivity index (χ1) is 6.78. The lowest BCUT2D eigenvalue weighted by atomic mass is 9.71. The van der Waals surface area contributed by atoms with Gasteiger partial charge in [-0.15, -0.1) is 0 Å². The summed E-state index contributed by atoms with van der Waals surface area (Å²) in [5.41, 5.74) is 6.22. The number of nitrogens with two attached hydrogens (primary N) is 1. The van der Waals surface area contributed by atoms with Crippen LogP contribution in [-0.2, 0) is 4.74 Å². The second kappa shape index (κ2) is 3.19. The molecule has 4 saturated heterocycles. The van der Waals surface area contributed by atoms with E-state index in [0.29, 0.717) is 6.04 Å². The predicted octanol–water partition coefficient (Wildman–Crippen LogP) is 0.588. The fourth-order valence-corrected chi connectivity index (χ4v) is 3.54. The van der Waals surface area contributed by atoms with Gasteiger partial charge in [0.05, 0.1) is 5.60 Å². The quantitative estimate of drug-likeness (QED) is 0.616. The molecule has 1 spiro atoms. The Morgan fingerprint density at radius 3 is 2.57 bits per heavy atom. The van der Waals surface area contributed by atoms with Crippen molar-refractivity contribution in [1.82, 2.24) is 4.90 Å². The molecule has 2 bridgehead atoms. The topological polar surface area (TPSA) is 38.5 Å². The van der Waals surface area contributed by atoms with Crippen LogP contribution in [0.25, 0.3) is 0 Å². The molecule has 4 aliphatic heterocycles. The van der Waals surface area contributed by atoms with Gasteiger partial charge >= 0.3 is 0 Å². The largest absolute Gasteiger partial charge is 0.373 e. The lowest BCUT2D eigenvalue weighted by Crippen LogP contribution is -2.63. The molecular weight excluding hydrogens is 176 g/mol. The van der Waals surface area contributed by atoms with Gasteiger partial charge < -0.3 is 15.4 Å². The van der Waals surface area contributed by atoms with E-state index in [1.165, 1.54) is 25.9 Å². The maximum Gasteiger partial charge on any atom is 0.0852 e. The van der Waals surface area contributed by atoms with Crippen molar-refractivity contribution >= 4 is 0 Å². The third kappa shape index (κ3) is 1.30. The van der Waals surface area contributed by atoms with Gasteiger partial charge in [-0.05, 0) is 44.7 Å². The minimum atomic E-state index is 0.147. The van der Waals surface area contributed by atoms with Gasteiger partial charge in [0.1, 0.15) is 0 Å². The van der Waals surface area contributed by atoms with E-state index in [1.807, 2.05) is 0 Å². The van der Waals surface area contributed by atoms with Crippen molar-refractivity contribution in [3.8, 4) is 0 Å². The number of ether oxygens (including phenoxy) is 1. The molecule has 0 amide bonds. The van der Waals surface area contributed by atoms with E-state index >= 15 is 0 Å². The second-order valence-corrected chi connectivity index (χ2v) is 5.22. The van der Waals surface area contributed by atoms with Gasteiger partial charge in [0, 0.05) is 19.2 Å². The van der Waals surface area contributed by atoms with Gasteiger partial charge in [0.25, 0.3) is 0 Å². The normalized spacial score (nSPS) is 52.5. The van der Waals surface area contributed by atoms with Crippen LogP contribution in [0.2, 0.25) is 0 Å². The van der Waals surface area contributed by atoms with Crippen LogP contribution in [0.5, 0.6) is 0 Å². The number of rotatable bonds is 0. The van der Waals surface area contributed by atoms with Gasteiger partial charge in [-0.1, -0.05) is 0 Å². The summed E-state index contributed by atoms with van der Waals surface area (Å²) in [7, 11) is 0. The van der Waals surface area contributed by atoms with E-state index in [9.17, 15) is 0 Å². The highest BCUT2D eigenvalue weighted by atomic mass is 16.5. The summed E-state index contributed by atoms with van der Waals surface area (Å²) < 4.78 is 6.09. The third-order valence-corrected chi connectivity index (χ3v) is 4.31. The summed E-state index contributed by atoms with van der Waals surface area (Å²) >= 11 is 0. The van der Waals surface area contributed by atoms with Crippen LogP contribution in [0.15, 0.2) is 0 Å². The van der Waals surface area contributed by atoms with E-state index in [-0.39, 0.29) is 5.60 Å². The molecule has 4 heterocycles. The predicted molar refractivity (Wildman–Crippen MR) is 55.1 cm³/mol. The lowest BCUT2D eigenvalue weighted by Gasteiger charge is -2.55. The highest BCUT2D eigenvalue weighted by molar-refractivity contribution is 5.02. The summed E-state index contributed by atoms with van der Waals surface area (Å²) in [6.45, 7) is 4.59. The molecular formula is C11H20N2O. The Morgan fingerprint density at radius 1 is 1.21 bits per heavy atom. The molecule has 4 aliphatic rings. The summed E-state index contributed by atoms with van der Waals surface area (Å²) in [5, 5.41) is 0. The minimum absolute atomic E-state index is 0.147. The molecule has 14 heavy (non-hydrogen) atoms. The van der Waals surface area contributed by atoms with E-state index in [4.69, 9.17) is 10.5 Å². The monoisotopic (exact) mass is 196 g/mol. The highest BCUT2D eigenvalue weighted by Gasteiger charge is 2.49. The van der Waals surface area contributed by atoms with Gasteiger partial charge in [0.2, 0.25) is 0 Å². The highest BCUT2D eigenvalue weighted by Crippen LogP contribution is 2.42. The lowest BCUT2D eigenvalue weighted by molar-refractivity contribution is -0.177. The molecule has 0 aromatic heterocycles. The average molecular weight is 196 g/mol. The van der Waals surface area contributed by atoms with Gasteiger partial charge in [-0.3, -0.25) is 0 Å². The van der Waals surface area contributed by atoms with Crippen molar-refractivity contribution < 1.29 is 4.74 Å². The van der Waals surface area contributed by atoms with Crippen LogP contribution < -0.4 is 5.73 Å². The third-order valence-electron chi connectivity index (χ3n) is 4.31. The van der Waals surface area contributed by atoms with Crippen molar-refractivity contribution in [1.29, 1.82) is 0 Å². The zero-order chi connectivity index (χ0) is 9.60. The van der Waals surface area contributed by atoms with E-state index in [0.717, 1.165) is 31.9 Å². The summed E-state index contributed by atoms with van der Waals surface area (Å²) in [6.07, 6.45) is 4.79. The second-order valence-electron chi connectivity index (χ2n) is 5.22. The van der Waals surface area contributed by atoms with Crippen molar-refractivity contribution in [3.63, 3.8) is 0 Å². The summed E-state index contributed by atoms with van der Waals surface area (Å²) in [5.74, 6) is 0.791. The molecule has 3 heteroatoms. The minimum Gasteiger partial charge on any atom is -0.373 e. The van der Waals surface area contributed by atoms with Crippen molar-refractivity contribution in [2.24, 2.45) is 11.7 Å². The molecule has 0 radical (unpaired) electrons. The Hall–Kier alpha value is -0.120. The number of nitrogens with zero attached hydrogens (tertiary/aromatic N) is 1. The van der Waals surface area contributed by atoms with Crippen LogP contribution in [0, 0.1) is 5.92 Å². The molecule has 0 aliphatic carbocycles. The Kier molecular flexibility index (Phi) is 2.08. The fraction of sp³-hybridized carbons (Fsp3) is 1.00. The maximum absolute atomic E-state index is 6.09. The van der Waals surface area contributed by atoms with E-state index in [2.05, 4.69) is 4.90 Å². The van der Waals surface area contributed by atoms with Crippen LogP contribution in [0.3, 0.4) is 0 Å². The molecule has 2 N–H and O–H groups in total. The zero-order valence-corrected chi connectivity index (χ0v) is 8.74. The van der Waals surface area contributed by atoms with Gasteiger partial charge in [0.15, 0.2) is 0 Å². The Labute approximate surface area is 85.6 Å². The van der Waals surface area contributed by atoms with Crippen LogP contribution >= 0.6 is 0 Å². The molecule has 3 nitrogen and oxygen atoms in total. The number of hydrogen-bond acceptors (Lipinski definition) is 3. The van der Waals surface area contributed by atoms with Crippen LogP contribution in [0.1, 0.15) is 25.7 Å². The van der Waals surface area contributed by atoms with E-state index in [1.54, 1.807) is 0 Å². The molecule has 0 aromatic rings. The first-order valence-electron chi connectivity index (χ1n) is 5.90. The standard InChI is InChI=1S/C11H20N2O/c12-10-3-6-14-11(7-10)8-13-4-1-9(11)2-5-13/h9-10H,1-8,12H2/t10-,11+/m0/s1. The number of hydrogen-bond donors (Lipinski definition) is 1.